The summed E-state index contributed by atoms with van der Waals surface area (Å²) in [5, 5.41) is 5.83. The monoisotopic (exact) mass is 347 g/mol. The van der Waals surface area contributed by atoms with Gasteiger partial charge in [-0.1, -0.05) is 58.9 Å². The summed E-state index contributed by atoms with van der Waals surface area (Å²) in [6, 6.07) is 8.06. The first-order valence-corrected chi connectivity index (χ1v) is 9.14. The molecule has 1 atom stereocenters. The normalized spacial score (nSPS) is 12.2. The Bertz CT molecular complexity index is 553. The Morgan fingerprint density at radius 2 is 1.60 bits per heavy atom. The van der Waals surface area contributed by atoms with Crippen molar-refractivity contribution >= 4 is 11.9 Å². The van der Waals surface area contributed by atoms with Crippen molar-refractivity contribution in [2.75, 3.05) is 20.1 Å². The van der Waals surface area contributed by atoms with Gasteiger partial charge in [-0.2, -0.15) is 0 Å². The van der Waals surface area contributed by atoms with E-state index in [0.29, 0.717) is 12.5 Å². The highest BCUT2D eigenvalue weighted by Crippen LogP contribution is 2.24. The summed E-state index contributed by atoms with van der Waals surface area (Å²) in [4.78, 5) is 25.6. The topological polar surface area (TPSA) is 61.4 Å². The minimum absolute atomic E-state index is 0.0585. The standard InChI is InChI=1S/C20H33N3O2/c1-7-12-21-18(24)13-23(6)20(25)22-19(15(4)5)17-10-8-16(9-11-17)14(2)3/h8-11,14-15,19H,7,12-13H2,1-6H3,(H,21,24)(H,22,25)/t19-/m0/s1. The van der Waals surface area contributed by atoms with Crippen molar-refractivity contribution in [1.82, 2.24) is 15.5 Å². The smallest absolute Gasteiger partial charge is 0.318 e. The Morgan fingerprint density at radius 3 is 2.08 bits per heavy atom. The molecular formula is C20H33N3O2. The van der Waals surface area contributed by atoms with Crippen molar-refractivity contribution in [3.05, 3.63) is 35.4 Å². The third-order valence-electron chi connectivity index (χ3n) is 4.21. The van der Waals surface area contributed by atoms with Crippen molar-refractivity contribution in [1.29, 1.82) is 0 Å². The number of nitrogens with zero attached hydrogens (tertiary/aromatic N) is 1. The summed E-state index contributed by atoms with van der Waals surface area (Å²) in [6.07, 6.45) is 0.878. The van der Waals surface area contributed by atoms with Gasteiger partial charge in [0.25, 0.3) is 0 Å². The van der Waals surface area contributed by atoms with E-state index in [1.165, 1.54) is 10.5 Å². The van der Waals surface area contributed by atoms with E-state index in [0.717, 1.165) is 12.0 Å². The van der Waals surface area contributed by atoms with Crippen molar-refractivity contribution < 1.29 is 9.59 Å². The molecule has 0 heterocycles. The number of amides is 3. The van der Waals surface area contributed by atoms with Gasteiger partial charge in [0.2, 0.25) is 5.91 Å². The molecule has 0 unspecified atom stereocenters. The quantitative estimate of drug-likeness (QED) is 0.753. The fourth-order valence-corrected chi connectivity index (χ4v) is 2.57. The van der Waals surface area contributed by atoms with Gasteiger partial charge < -0.3 is 15.5 Å². The first-order valence-electron chi connectivity index (χ1n) is 9.14. The zero-order valence-corrected chi connectivity index (χ0v) is 16.4. The van der Waals surface area contributed by atoms with Crippen LogP contribution in [0.3, 0.4) is 0 Å². The van der Waals surface area contributed by atoms with E-state index in [2.05, 4.69) is 62.6 Å². The lowest BCUT2D eigenvalue weighted by Gasteiger charge is -2.26. The molecule has 1 aromatic carbocycles. The van der Waals surface area contributed by atoms with Gasteiger partial charge in [-0.15, -0.1) is 0 Å². The SMILES string of the molecule is CCCNC(=O)CN(C)C(=O)N[C@H](c1ccc(C(C)C)cc1)C(C)C. The van der Waals surface area contributed by atoms with Crippen LogP contribution >= 0.6 is 0 Å². The Morgan fingerprint density at radius 1 is 1.04 bits per heavy atom. The number of hydrogen-bond acceptors (Lipinski definition) is 2. The van der Waals surface area contributed by atoms with Gasteiger partial charge in [0, 0.05) is 13.6 Å². The Labute approximate surface area is 152 Å². The predicted molar refractivity (Wildman–Crippen MR) is 103 cm³/mol. The number of hydrogen-bond donors (Lipinski definition) is 2. The van der Waals surface area contributed by atoms with Crippen LogP contribution < -0.4 is 10.6 Å². The number of urea groups is 1. The minimum atomic E-state index is -0.238. The van der Waals surface area contributed by atoms with Crippen LogP contribution in [0.4, 0.5) is 4.79 Å². The maximum atomic E-state index is 12.5. The van der Waals surface area contributed by atoms with E-state index in [-0.39, 0.29) is 30.4 Å². The molecule has 0 aliphatic rings. The van der Waals surface area contributed by atoms with Crippen LogP contribution in [-0.2, 0) is 4.79 Å². The van der Waals surface area contributed by atoms with Crippen LogP contribution in [-0.4, -0.2) is 37.0 Å². The second kappa shape index (κ2) is 10.1. The molecule has 0 saturated heterocycles. The van der Waals surface area contributed by atoms with Gasteiger partial charge in [0.15, 0.2) is 0 Å². The molecule has 0 bridgehead atoms. The minimum Gasteiger partial charge on any atom is -0.355 e. The average Bonchev–Trinajstić information content (AvgIpc) is 2.57. The number of nitrogens with one attached hydrogen (secondary N) is 2. The van der Waals surface area contributed by atoms with E-state index in [1.807, 2.05) is 6.92 Å². The molecule has 0 aliphatic carbocycles. The van der Waals surface area contributed by atoms with Gasteiger partial charge in [-0.3, -0.25) is 4.79 Å². The molecule has 0 aromatic heterocycles. The molecule has 1 aromatic rings. The van der Waals surface area contributed by atoms with Crippen LogP contribution in [0.5, 0.6) is 0 Å². The third kappa shape index (κ3) is 6.77. The van der Waals surface area contributed by atoms with Crippen LogP contribution in [0.15, 0.2) is 24.3 Å². The van der Waals surface area contributed by atoms with Crippen LogP contribution in [0.25, 0.3) is 0 Å². The molecule has 5 nitrogen and oxygen atoms in total. The molecule has 25 heavy (non-hydrogen) atoms. The van der Waals surface area contributed by atoms with E-state index in [4.69, 9.17) is 0 Å². The summed E-state index contributed by atoms with van der Waals surface area (Å²) in [7, 11) is 1.64. The number of carbonyl (C=O) groups is 2. The maximum Gasteiger partial charge on any atom is 0.318 e. The molecule has 0 spiro atoms. The zero-order valence-electron chi connectivity index (χ0n) is 16.4. The van der Waals surface area contributed by atoms with Gasteiger partial charge in [-0.25, -0.2) is 4.79 Å². The highest BCUT2D eigenvalue weighted by Gasteiger charge is 2.21. The largest absolute Gasteiger partial charge is 0.355 e. The number of benzene rings is 1. The Balaban J connectivity index is 2.73. The maximum absolute atomic E-state index is 12.5. The second-order valence-electron chi connectivity index (χ2n) is 7.20. The molecule has 5 heteroatoms. The Kier molecular flexibility index (Phi) is 8.46. The van der Waals surface area contributed by atoms with E-state index < -0.39 is 0 Å². The van der Waals surface area contributed by atoms with E-state index in [1.54, 1.807) is 7.05 Å². The van der Waals surface area contributed by atoms with Crippen LogP contribution in [0.2, 0.25) is 0 Å². The molecule has 0 saturated carbocycles. The summed E-state index contributed by atoms with van der Waals surface area (Å²) in [5.41, 5.74) is 2.36. The lowest BCUT2D eigenvalue weighted by molar-refractivity contribution is -0.121. The Hall–Kier alpha value is -2.04. The number of rotatable bonds is 8. The highest BCUT2D eigenvalue weighted by atomic mass is 16.2. The van der Waals surface area contributed by atoms with Crippen molar-refractivity contribution in [2.24, 2.45) is 5.92 Å². The molecule has 0 aliphatic heterocycles. The number of carbonyl (C=O) groups excluding carboxylic acids is 2. The second-order valence-corrected chi connectivity index (χ2v) is 7.20. The fourth-order valence-electron chi connectivity index (χ4n) is 2.57. The summed E-state index contributed by atoms with van der Waals surface area (Å²) < 4.78 is 0. The first kappa shape index (κ1) is 21.0. The van der Waals surface area contributed by atoms with Gasteiger partial charge in [0.05, 0.1) is 6.04 Å². The molecule has 0 radical (unpaired) electrons. The summed E-state index contributed by atoms with van der Waals surface area (Å²) in [6.45, 7) is 11.2. The fraction of sp³-hybridized carbons (Fsp3) is 0.600. The lowest BCUT2D eigenvalue weighted by atomic mass is 9.93. The number of likely N-dealkylation sites (N-methyl/N-ethyl adjacent to an activating group) is 1. The molecule has 140 valence electrons. The predicted octanol–water partition coefficient (Wildman–Crippen LogP) is 3.67. The third-order valence-corrected chi connectivity index (χ3v) is 4.21. The van der Waals surface area contributed by atoms with Gasteiger partial charge >= 0.3 is 6.03 Å². The van der Waals surface area contributed by atoms with Crippen molar-refractivity contribution in [3.63, 3.8) is 0 Å². The first-order chi connectivity index (χ1) is 11.8. The molecule has 1 rings (SSSR count). The lowest BCUT2D eigenvalue weighted by Crippen LogP contribution is -2.45. The molecular weight excluding hydrogens is 314 g/mol. The van der Waals surface area contributed by atoms with Crippen molar-refractivity contribution in [3.8, 4) is 0 Å². The van der Waals surface area contributed by atoms with Gasteiger partial charge in [0.1, 0.15) is 6.54 Å². The van der Waals surface area contributed by atoms with Gasteiger partial charge in [-0.05, 0) is 29.4 Å². The van der Waals surface area contributed by atoms with Crippen LogP contribution in [0, 0.1) is 5.92 Å². The zero-order chi connectivity index (χ0) is 19.0. The average molecular weight is 348 g/mol. The molecule has 3 amide bonds. The molecule has 0 fully saturated rings. The van der Waals surface area contributed by atoms with E-state index in [9.17, 15) is 9.59 Å². The highest BCUT2D eigenvalue weighted by molar-refractivity contribution is 5.84. The van der Waals surface area contributed by atoms with Crippen molar-refractivity contribution in [2.45, 2.75) is 53.0 Å². The summed E-state index contributed by atoms with van der Waals surface area (Å²) >= 11 is 0. The molecule has 2 N–H and O–H groups in total. The summed E-state index contributed by atoms with van der Waals surface area (Å²) in [5.74, 6) is 0.590. The van der Waals surface area contributed by atoms with Crippen LogP contribution in [0.1, 0.15) is 64.1 Å². The van der Waals surface area contributed by atoms with E-state index >= 15 is 0 Å².